The first-order valence-electron chi connectivity index (χ1n) is 6.11. The van der Waals surface area contributed by atoms with Crippen LogP contribution in [0.2, 0.25) is 0 Å². The van der Waals surface area contributed by atoms with Gasteiger partial charge in [-0.25, -0.2) is 0 Å². The average Bonchev–Trinajstić information content (AvgIpc) is 2.76. The number of hydrogen-bond donors (Lipinski definition) is 2. The lowest BCUT2D eigenvalue weighted by Crippen LogP contribution is -2.39. The van der Waals surface area contributed by atoms with E-state index in [-0.39, 0.29) is 12.1 Å². The predicted octanol–water partition coefficient (Wildman–Crippen LogP) is 3.20. The molecule has 0 fully saturated rings. The summed E-state index contributed by atoms with van der Waals surface area (Å²) in [4.78, 5) is 1.06. The normalized spacial score (nSPS) is 15.3. The molecule has 0 aliphatic carbocycles. The highest BCUT2D eigenvalue weighted by Crippen LogP contribution is 2.25. The standard InChI is InChI=1S/C13H23NOS/c1-4-5-8-14-12(10(2)3)13(15)11-7-6-9-16-11/h6-7,9-10,12-15H,4-5,8H2,1-3H3. The Labute approximate surface area is 103 Å². The van der Waals surface area contributed by atoms with E-state index in [1.807, 2.05) is 17.5 Å². The third-order valence-electron chi connectivity index (χ3n) is 2.80. The van der Waals surface area contributed by atoms with Gasteiger partial charge < -0.3 is 10.4 Å². The van der Waals surface area contributed by atoms with Crippen LogP contribution in [0.3, 0.4) is 0 Å². The van der Waals surface area contributed by atoms with Crippen molar-refractivity contribution < 1.29 is 5.11 Å². The van der Waals surface area contributed by atoms with E-state index in [2.05, 4.69) is 26.1 Å². The Bertz CT molecular complexity index is 271. The molecule has 2 nitrogen and oxygen atoms in total. The topological polar surface area (TPSA) is 32.3 Å². The maximum Gasteiger partial charge on any atom is 0.104 e. The maximum absolute atomic E-state index is 10.3. The van der Waals surface area contributed by atoms with E-state index in [0.717, 1.165) is 11.4 Å². The summed E-state index contributed by atoms with van der Waals surface area (Å²) in [6, 6.07) is 4.16. The third kappa shape index (κ3) is 3.89. The van der Waals surface area contributed by atoms with E-state index in [1.165, 1.54) is 12.8 Å². The highest BCUT2D eigenvalue weighted by molar-refractivity contribution is 7.10. The number of aliphatic hydroxyl groups excluding tert-OH is 1. The molecule has 2 atom stereocenters. The second kappa shape index (κ2) is 7.05. The minimum Gasteiger partial charge on any atom is -0.386 e. The van der Waals surface area contributed by atoms with Crippen LogP contribution in [-0.4, -0.2) is 17.7 Å². The summed E-state index contributed by atoms with van der Waals surface area (Å²) in [5.74, 6) is 0.439. The molecule has 2 unspecified atom stereocenters. The molecule has 92 valence electrons. The van der Waals surface area contributed by atoms with Gasteiger partial charge in [0.05, 0.1) is 0 Å². The minimum atomic E-state index is -0.378. The molecule has 0 saturated carbocycles. The van der Waals surface area contributed by atoms with Gasteiger partial charge in [0.2, 0.25) is 0 Å². The molecule has 0 aliphatic heterocycles. The molecule has 0 saturated heterocycles. The summed E-state index contributed by atoms with van der Waals surface area (Å²) in [5.41, 5.74) is 0. The lowest BCUT2D eigenvalue weighted by molar-refractivity contribution is 0.108. The first kappa shape index (κ1) is 13.7. The summed E-state index contributed by atoms with van der Waals surface area (Å²) >= 11 is 1.63. The fourth-order valence-corrected chi connectivity index (χ4v) is 2.55. The zero-order chi connectivity index (χ0) is 12.0. The molecule has 0 aromatic carbocycles. The molecule has 0 aliphatic rings. The fraction of sp³-hybridized carbons (Fsp3) is 0.692. The zero-order valence-electron chi connectivity index (χ0n) is 10.4. The van der Waals surface area contributed by atoms with Crippen molar-refractivity contribution >= 4 is 11.3 Å². The minimum absolute atomic E-state index is 0.158. The van der Waals surface area contributed by atoms with Crippen molar-refractivity contribution in [2.45, 2.75) is 45.8 Å². The summed E-state index contributed by atoms with van der Waals surface area (Å²) in [7, 11) is 0. The molecule has 0 amide bonds. The number of thiophene rings is 1. The smallest absolute Gasteiger partial charge is 0.104 e. The molecule has 0 bridgehead atoms. The highest BCUT2D eigenvalue weighted by atomic mass is 32.1. The molecule has 16 heavy (non-hydrogen) atoms. The molecule has 3 heteroatoms. The number of nitrogens with one attached hydrogen (secondary N) is 1. The Hall–Kier alpha value is -0.380. The van der Waals surface area contributed by atoms with E-state index in [1.54, 1.807) is 11.3 Å². The predicted molar refractivity (Wildman–Crippen MR) is 70.8 cm³/mol. The van der Waals surface area contributed by atoms with Crippen molar-refractivity contribution in [2.75, 3.05) is 6.54 Å². The van der Waals surface area contributed by atoms with Crippen LogP contribution in [0, 0.1) is 5.92 Å². The van der Waals surface area contributed by atoms with Crippen molar-refractivity contribution in [2.24, 2.45) is 5.92 Å². The van der Waals surface area contributed by atoms with E-state index in [0.29, 0.717) is 5.92 Å². The van der Waals surface area contributed by atoms with Gasteiger partial charge in [0, 0.05) is 10.9 Å². The summed E-state index contributed by atoms with van der Waals surface area (Å²) in [6.45, 7) is 7.48. The largest absolute Gasteiger partial charge is 0.386 e. The second-order valence-corrected chi connectivity index (χ2v) is 5.52. The second-order valence-electron chi connectivity index (χ2n) is 4.54. The Morgan fingerprint density at radius 1 is 1.44 bits per heavy atom. The van der Waals surface area contributed by atoms with Crippen LogP contribution in [-0.2, 0) is 0 Å². The van der Waals surface area contributed by atoms with E-state index < -0.39 is 0 Å². The van der Waals surface area contributed by atoms with E-state index >= 15 is 0 Å². The van der Waals surface area contributed by atoms with Crippen molar-refractivity contribution in [1.82, 2.24) is 5.32 Å². The Balaban J connectivity index is 2.55. The van der Waals surface area contributed by atoms with Crippen LogP contribution >= 0.6 is 11.3 Å². The molecular weight excluding hydrogens is 218 g/mol. The quantitative estimate of drug-likeness (QED) is 0.719. The molecule has 1 rings (SSSR count). The van der Waals surface area contributed by atoms with Crippen LogP contribution in [0.4, 0.5) is 0 Å². The van der Waals surface area contributed by atoms with Crippen molar-refractivity contribution in [1.29, 1.82) is 0 Å². The van der Waals surface area contributed by atoms with Gasteiger partial charge in [0.25, 0.3) is 0 Å². The van der Waals surface area contributed by atoms with Gasteiger partial charge >= 0.3 is 0 Å². The number of rotatable bonds is 7. The average molecular weight is 241 g/mol. The van der Waals surface area contributed by atoms with Crippen LogP contribution in [0.5, 0.6) is 0 Å². The van der Waals surface area contributed by atoms with Crippen LogP contribution in [0.25, 0.3) is 0 Å². The first-order chi connectivity index (χ1) is 7.66. The summed E-state index contributed by atoms with van der Waals surface area (Å²) in [6.07, 6.45) is 1.98. The number of hydrogen-bond acceptors (Lipinski definition) is 3. The molecular formula is C13H23NOS. The van der Waals surface area contributed by atoms with Crippen LogP contribution < -0.4 is 5.32 Å². The number of aliphatic hydroxyl groups is 1. The highest BCUT2D eigenvalue weighted by Gasteiger charge is 2.23. The number of unbranched alkanes of at least 4 members (excludes halogenated alkanes) is 1. The van der Waals surface area contributed by atoms with Gasteiger partial charge in [-0.1, -0.05) is 33.3 Å². The molecule has 0 spiro atoms. The molecule has 1 heterocycles. The van der Waals surface area contributed by atoms with E-state index in [9.17, 15) is 5.11 Å². The van der Waals surface area contributed by atoms with Crippen LogP contribution in [0.15, 0.2) is 17.5 Å². The van der Waals surface area contributed by atoms with Gasteiger partial charge in [-0.3, -0.25) is 0 Å². The van der Waals surface area contributed by atoms with Gasteiger partial charge in [0.15, 0.2) is 0 Å². The fourth-order valence-electron chi connectivity index (χ4n) is 1.79. The Morgan fingerprint density at radius 2 is 2.19 bits per heavy atom. The van der Waals surface area contributed by atoms with Crippen molar-refractivity contribution in [3.05, 3.63) is 22.4 Å². The van der Waals surface area contributed by atoms with Gasteiger partial charge in [0.1, 0.15) is 6.10 Å². The summed E-state index contributed by atoms with van der Waals surface area (Å²) < 4.78 is 0. The summed E-state index contributed by atoms with van der Waals surface area (Å²) in [5, 5.41) is 15.8. The van der Waals surface area contributed by atoms with Gasteiger partial charge in [-0.2, -0.15) is 0 Å². The monoisotopic (exact) mass is 241 g/mol. The molecule has 0 radical (unpaired) electrons. The first-order valence-corrected chi connectivity index (χ1v) is 6.99. The van der Waals surface area contributed by atoms with Gasteiger partial charge in [-0.15, -0.1) is 11.3 Å². The Kier molecular flexibility index (Phi) is 6.03. The van der Waals surface area contributed by atoms with Crippen molar-refractivity contribution in [3.8, 4) is 0 Å². The van der Waals surface area contributed by atoms with Crippen LogP contribution in [0.1, 0.15) is 44.6 Å². The Morgan fingerprint density at radius 3 is 2.69 bits per heavy atom. The third-order valence-corrected chi connectivity index (χ3v) is 3.75. The molecule has 1 aromatic rings. The lowest BCUT2D eigenvalue weighted by Gasteiger charge is -2.27. The lowest BCUT2D eigenvalue weighted by atomic mass is 9.97. The molecule has 2 N–H and O–H groups in total. The van der Waals surface area contributed by atoms with Gasteiger partial charge in [-0.05, 0) is 30.3 Å². The SMILES string of the molecule is CCCCNC(C(C)C)C(O)c1cccs1. The van der Waals surface area contributed by atoms with E-state index in [4.69, 9.17) is 0 Å². The molecule has 1 aromatic heterocycles. The maximum atomic E-state index is 10.3. The zero-order valence-corrected chi connectivity index (χ0v) is 11.3. The van der Waals surface area contributed by atoms with Crippen molar-refractivity contribution in [3.63, 3.8) is 0 Å².